The van der Waals surface area contributed by atoms with Gasteiger partial charge in [0, 0.05) is 25.8 Å². The average molecular weight is 269 g/mol. The molecule has 0 radical (unpaired) electrons. The Balaban J connectivity index is 1.66. The Morgan fingerprint density at radius 3 is 2.70 bits per heavy atom. The predicted octanol–water partition coefficient (Wildman–Crippen LogP) is 3.24. The summed E-state index contributed by atoms with van der Waals surface area (Å²) in [6, 6.07) is 13.6. The second-order valence-electron chi connectivity index (χ2n) is 5.77. The fourth-order valence-corrected chi connectivity index (χ4v) is 3.27. The molecule has 0 bridgehead atoms. The zero-order valence-electron chi connectivity index (χ0n) is 12.1. The van der Waals surface area contributed by atoms with E-state index < -0.39 is 0 Å². The van der Waals surface area contributed by atoms with Crippen molar-refractivity contribution in [3.63, 3.8) is 0 Å². The minimum Gasteiger partial charge on any atom is -0.308 e. The highest BCUT2D eigenvalue weighted by Crippen LogP contribution is 2.33. The van der Waals surface area contributed by atoms with Gasteiger partial charge in [-0.25, -0.2) is 0 Å². The molecule has 1 N–H and O–H groups in total. The lowest BCUT2D eigenvalue weighted by atomic mass is 9.80. The van der Waals surface area contributed by atoms with E-state index in [1.807, 2.05) is 17.9 Å². The Kier molecular flexibility index (Phi) is 4.16. The predicted molar refractivity (Wildman–Crippen MR) is 81.5 cm³/mol. The van der Waals surface area contributed by atoms with Crippen LogP contribution in [0.4, 0.5) is 0 Å². The topological polar surface area (TPSA) is 29.9 Å². The normalized spacial score (nSPS) is 22.9. The summed E-state index contributed by atoms with van der Waals surface area (Å²) in [4.78, 5) is 0. The minimum atomic E-state index is 0.577. The smallest absolute Gasteiger partial charge is 0.0762 e. The minimum absolute atomic E-state index is 0.577. The zero-order valence-corrected chi connectivity index (χ0v) is 12.1. The molecule has 20 heavy (non-hydrogen) atoms. The summed E-state index contributed by atoms with van der Waals surface area (Å²) < 4.78 is 1.87. The van der Waals surface area contributed by atoms with Crippen LogP contribution in [0.3, 0.4) is 0 Å². The van der Waals surface area contributed by atoms with Crippen molar-refractivity contribution in [3.8, 4) is 0 Å². The molecule has 106 valence electrons. The van der Waals surface area contributed by atoms with Crippen molar-refractivity contribution in [2.75, 3.05) is 0 Å². The van der Waals surface area contributed by atoms with Gasteiger partial charge >= 0.3 is 0 Å². The van der Waals surface area contributed by atoms with E-state index in [9.17, 15) is 0 Å². The van der Waals surface area contributed by atoms with Gasteiger partial charge in [0.05, 0.1) is 5.69 Å². The molecule has 2 aromatic rings. The first-order valence-corrected chi connectivity index (χ1v) is 7.60. The van der Waals surface area contributed by atoms with E-state index in [2.05, 4.69) is 46.8 Å². The van der Waals surface area contributed by atoms with Crippen LogP contribution in [0.25, 0.3) is 0 Å². The molecule has 1 heterocycles. The summed E-state index contributed by atoms with van der Waals surface area (Å²) in [5.41, 5.74) is 2.61. The van der Waals surface area contributed by atoms with Crippen LogP contribution < -0.4 is 5.32 Å². The molecule has 1 fully saturated rings. The van der Waals surface area contributed by atoms with E-state index in [-0.39, 0.29) is 0 Å². The van der Waals surface area contributed by atoms with Crippen LogP contribution in [0.1, 0.15) is 42.9 Å². The van der Waals surface area contributed by atoms with Crippen molar-refractivity contribution in [3.05, 3.63) is 53.9 Å². The van der Waals surface area contributed by atoms with E-state index in [4.69, 9.17) is 0 Å². The van der Waals surface area contributed by atoms with Crippen LogP contribution in [-0.4, -0.2) is 15.8 Å². The quantitative estimate of drug-likeness (QED) is 0.923. The molecule has 3 heteroatoms. The molecule has 1 aliphatic carbocycles. The van der Waals surface area contributed by atoms with E-state index in [0.717, 1.165) is 12.2 Å². The zero-order chi connectivity index (χ0) is 13.8. The van der Waals surface area contributed by atoms with Crippen molar-refractivity contribution in [1.29, 1.82) is 0 Å². The van der Waals surface area contributed by atoms with Gasteiger partial charge in [0.1, 0.15) is 0 Å². The second-order valence-corrected chi connectivity index (χ2v) is 5.77. The number of hydrogen-bond acceptors (Lipinski definition) is 2. The van der Waals surface area contributed by atoms with Crippen LogP contribution in [-0.2, 0) is 13.6 Å². The monoisotopic (exact) mass is 269 g/mol. The molecule has 1 aliphatic rings. The highest BCUT2D eigenvalue weighted by atomic mass is 15.3. The van der Waals surface area contributed by atoms with Gasteiger partial charge in [0.25, 0.3) is 0 Å². The second kappa shape index (κ2) is 6.23. The Bertz CT molecular complexity index is 532. The molecule has 1 saturated carbocycles. The fourth-order valence-electron chi connectivity index (χ4n) is 3.27. The van der Waals surface area contributed by atoms with Crippen molar-refractivity contribution >= 4 is 0 Å². The Labute approximate surface area is 121 Å². The van der Waals surface area contributed by atoms with Crippen molar-refractivity contribution < 1.29 is 0 Å². The molecular formula is C17H23N3. The first-order valence-electron chi connectivity index (χ1n) is 7.60. The third-order valence-electron chi connectivity index (χ3n) is 4.31. The molecule has 3 rings (SSSR count). The highest BCUT2D eigenvalue weighted by Gasteiger charge is 2.25. The number of rotatable bonds is 4. The third-order valence-corrected chi connectivity index (χ3v) is 4.31. The maximum absolute atomic E-state index is 4.45. The Morgan fingerprint density at radius 2 is 1.95 bits per heavy atom. The first kappa shape index (κ1) is 13.4. The van der Waals surface area contributed by atoms with Crippen LogP contribution in [0.5, 0.6) is 0 Å². The number of nitrogens with one attached hydrogen (secondary N) is 1. The van der Waals surface area contributed by atoms with Crippen molar-refractivity contribution in [1.82, 2.24) is 15.1 Å². The highest BCUT2D eigenvalue weighted by molar-refractivity contribution is 5.22. The summed E-state index contributed by atoms with van der Waals surface area (Å²) in [6.07, 6.45) is 7.26. The first-order chi connectivity index (χ1) is 9.83. The van der Waals surface area contributed by atoms with Crippen LogP contribution in [0, 0.1) is 0 Å². The largest absolute Gasteiger partial charge is 0.308 e. The van der Waals surface area contributed by atoms with Crippen LogP contribution in [0.2, 0.25) is 0 Å². The summed E-state index contributed by atoms with van der Waals surface area (Å²) in [5.74, 6) is 0.647. The Hall–Kier alpha value is -1.61. The molecule has 3 nitrogen and oxygen atoms in total. The SMILES string of the molecule is Cn1ccc(CNC2CCCCC2c2ccccc2)n1. The molecule has 1 aromatic heterocycles. The molecule has 1 aromatic carbocycles. The van der Waals surface area contributed by atoms with E-state index >= 15 is 0 Å². The molecule has 0 amide bonds. The third kappa shape index (κ3) is 3.10. The molecule has 2 unspecified atom stereocenters. The van der Waals surface area contributed by atoms with Crippen LogP contribution >= 0.6 is 0 Å². The van der Waals surface area contributed by atoms with Gasteiger partial charge < -0.3 is 5.32 Å². The maximum Gasteiger partial charge on any atom is 0.0762 e. The maximum atomic E-state index is 4.45. The number of aryl methyl sites for hydroxylation is 1. The van der Waals surface area contributed by atoms with Gasteiger partial charge in [-0.2, -0.15) is 5.10 Å². The number of nitrogens with zero attached hydrogens (tertiary/aromatic N) is 2. The van der Waals surface area contributed by atoms with Crippen LogP contribution in [0.15, 0.2) is 42.6 Å². The lowest BCUT2D eigenvalue weighted by molar-refractivity contribution is 0.325. The van der Waals surface area contributed by atoms with Crippen molar-refractivity contribution in [2.24, 2.45) is 7.05 Å². The van der Waals surface area contributed by atoms with Gasteiger partial charge in [-0.05, 0) is 30.4 Å². The summed E-state index contributed by atoms with van der Waals surface area (Å²) >= 11 is 0. The summed E-state index contributed by atoms with van der Waals surface area (Å²) in [7, 11) is 1.97. The van der Waals surface area contributed by atoms with Gasteiger partial charge in [0.2, 0.25) is 0 Å². The average Bonchev–Trinajstić information content (AvgIpc) is 2.92. The molecule has 0 aliphatic heterocycles. The van der Waals surface area contributed by atoms with E-state index in [1.54, 1.807) is 0 Å². The lowest BCUT2D eigenvalue weighted by Crippen LogP contribution is -2.36. The van der Waals surface area contributed by atoms with Gasteiger partial charge in [-0.3, -0.25) is 4.68 Å². The summed E-state index contributed by atoms with van der Waals surface area (Å²) in [5, 5.41) is 8.17. The molecule has 0 spiro atoms. The van der Waals surface area contributed by atoms with Gasteiger partial charge in [-0.1, -0.05) is 43.2 Å². The van der Waals surface area contributed by atoms with Gasteiger partial charge in [-0.15, -0.1) is 0 Å². The molecule has 2 atom stereocenters. The van der Waals surface area contributed by atoms with Gasteiger partial charge in [0.15, 0.2) is 0 Å². The number of benzene rings is 1. The standard InChI is InChI=1S/C17H23N3/c1-20-12-11-15(19-20)13-18-17-10-6-5-9-16(17)14-7-3-2-4-8-14/h2-4,7-8,11-12,16-18H,5-6,9-10,13H2,1H3. The number of hydrogen-bond donors (Lipinski definition) is 1. The molecular weight excluding hydrogens is 246 g/mol. The fraction of sp³-hybridized carbons (Fsp3) is 0.471. The van der Waals surface area contributed by atoms with E-state index in [1.165, 1.54) is 31.2 Å². The summed E-state index contributed by atoms with van der Waals surface area (Å²) in [6.45, 7) is 0.870. The lowest BCUT2D eigenvalue weighted by Gasteiger charge is -2.32. The number of aromatic nitrogens is 2. The Morgan fingerprint density at radius 1 is 1.15 bits per heavy atom. The van der Waals surface area contributed by atoms with Crippen molar-refractivity contribution in [2.45, 2.75) is 44.2 Å². The van der Waals surface area contributed by atoms with E-state index in [0.29, 0.717) is 12.0 Å². The molecule has 0 saturated heterocycles.